The Morgan fingerprint density at radius 3 is 2.54 bits per heavy atom. The number of benzene rings is 1. The van der Waals surface area contributed by atoms with E-state index in [1.54, 1.807) is 18.7 Å². The third-order valence-corrected chi connectivity index (χ3v) is 10.1. The number of aromatic amines is 1. The van der Waals surface area contributed by atoms with E-state index in [0.29, 0.717) is 32.2 Å². The Kier molecular flexibility index (Phi) is 7.91. The van der Waals surface area contributed by atoms with Crippen LogP contribution >= 0.6 is 0 Å². The molecular formula is C32H43N5O8S. The van der Waals surface area contributed by atoms with E-state index < -0.39 is 51.6 Å². The number of piperazine rings is 1. The van der Waals surface area contributed by atoms with Gasteiger partial charge in [0.05, 0.1) is 12.2 Å². The number of likely N-dealkylation sites (N-methyl/N-ethyl adjacent to an activating group) is 1. The average Bonchev–Trinajstić information content (AvgIpc) is 3.67. The summed E-state index contributed by atoms with van der Waals surface area (Å²) in [7, 11) is -1.64. The van der Waals surface area contributed by atoms with Gasteiger partial charge in [-0.25, -0.2) is 0 Å². The third-order valence-electron chi connectivity index (χ3n) is 10.1. The fraction of sp³-hybridized carbons (Fsp3) is 0.594. The van der Waals surface area contributed by atoms with Crippen molar-refractivity contribution in [2.45, 2.75) is 76.7 Å². The number of carbonyl (C=O) groups excluding carboxylic acids is 3. The van der Waals surface area contributed by atoms with Crippen LogP contribution in [0.3, 0.4) is 0 Å². The minimum atomic E-state index is -3.67. The van der Waals surface area contributed by atoms with Gasteiger partial charge in [-0.15, -0.1) is 0 Å². The lowest BCUT2D eigenvalue weighted by molar-refractivity contribution is -0.323. The van der Waals surface area contributed by atoms with Gasteiger partial charge in [-0.3, -0.25) is 33.5 Å². The van der Waals surface area contributed by atoms with Crippen molar-refractivity contribution < 1.29 is 37.2 Å². The Morgan fingerprint density at radius 1 is 1.20 bits per heavy atom. The fourth-order valence-corrected chi connectivity index (χ4v) is 7.97. The van der Waals surface area contributed by atoms with Crippen LogP contribution in [0.2, 0.25) is 0 Å². The number of aliphatic hydroxyl groups is 1. The van der Waals surface area contributed by atoms with Gasteiger partial charge in [0.1, 0.15) is 12.1 Å². The molecule has 14 heteroatoms. The molecule has 0 bridgehead atoms. The van der Waals surface area contributed by atoms with Crippen LogP contribution in [-0.2, 0) is 35.7 Å². The summed E-state index contributed by atoms with van der Waals surface area (Å²) in [4.78, 5) is 50.4. The molecule has 1 aromatic heterocycles. The number of carbonyl (C=O) groups is 3. The van der Waals surface area contributed by atoms with E-state index in [1.807, 2.05) is 33.0 Å². The van der Waals surface area contributed by atoms with E-state index in [1.165, 1.54) is 15.8 Å². The van der Waals surface area contributed by atoms with Gasteiger partial charge in [-0.05, 0) is 55.0 Å². The van der Waals surface area contributed by atoms with Gasteiger partial charge in [-0.2, -0.15) is 8.42 Å². The van der Waals surface area contributed by atoms with Crippen molar-refractivity contribution >= 4 is 44.3 Å². The molecule has 1 aromatic carbocycles. The number of H-pyrrole nitrogens is 1. The van der Waals surface area contributed by atoms with Gasteiger partial charge in [0.25, 0.3) is 21.9 Å². The number of amides is 3. The first-order valence-electron chi connectivity index (χ1n) is 15.8. The molecular weight excluding hydrogens is 614 g/mol. The summed E-state index contributed by atoms with van der Waals surface area (Å²) in [6.07, 6.45) is 6.93. The van der Waals surface area contributed by atoms with Crippen LogP contribution in [0.5, 0.6) is 0 Å². The Balaban J connectivity index is 0.000000692. The maximum Gasteiger partial charge on any atom is 0.281 e. The van der Waals surface area contributed by atoms with Crippen LogP contribution in [0.25, 0.3) is 16.5 Å². The molecule has 4 N–H and O–H groups in total. The molecule has 0 saturated carbocycles. The minimum absolute atomic E-state index is 0.150. The van der Waals surface area contributed by atoms with Crippen LogP contribution < -0.4 is 5.32 Å². The number of nitrogens with zero attached hydrogens (tertiary/aromatic N) is 3. The average molecular weight is 658 g/mol. The zero-order valence-corrected chi connectivity index (χ0v) is 27.8. The first kappa shape index (κ1) is 32.6. The zero-order valence-electron chi connectivity index (χ0n) is 27.0. The lowest BCUT2D eigenvalue weighted by atomic mass is 9.79. The van der Waals surface area contributed by atoms with Crippen LogP contribution in [0.1, 0.15) is 51.7 Å². The largest absolute Gasteiger partial charge is 0.361 e. The van der Waals surface area contributed by atoms with Gasteiger partial charge in [0, 0.05) is 42.1 Å². The number of rotatable bonds is 4. The number of hydrogen-bond acceptors (Lipinski definition) is 8. The molecule has 3 fully saturated rings. The minimum Gasteiger partial charge on any atom is -0.361 e. The Morgan fingerprint density at radius 2 is 1.89 bits per heavy atom. The van der Waals surface area contributed by atoms with Crippen molar-refractivity contribution in [2.75, 3.05) is 26.4 Å². The van der Waals surface area contributed by atoms with Crippen LogP contribution in [-0.4, -0.2) is 112 Å². The lowest BCUT2D eigenvalue weighted by Crippen LogP contribution is -2.72. The van der Waals surface area contributed by atoms with Crippen LogP contribution in [0.15, 0.2) is 30.5 Å². The van der Waals surface area contributed by atoms with Gasteiger partial charge >= 0.3 is 0 Å². The molecule has 1 aliphatic carbocycles. The predicted octanol–water partition coefficient (Wildman–Crippen LogP) is 1.54. The summed E-state index contributed by atoms with van der Waals surface area (Å²) in [6.45, 7) is 8.32. The molecule has 6 atom stereocenters. The second-order valence-electron chi connectivity index (χ2n) is 13.9. The molecule has 3 amide bonds. The van der Waals surface area contributed by atoms with E-state index in [4.69, 9.17) is 9.29 Å². The molecule has 7 rings (SSSR count). The van der Waals surface area contributed by atoms with Crippen LogP contribution in [0.4, 0.5) is 0 Å². The third kappa shape index (κ3) is 5.05. The van der Waals surface area contributed by atoms with Crippen LogP contribution in [0, 0.1) is 17.8 Å². The monoisotopic (exact) mass is 657 g/mol. The molecule has 0 unspecified atom stereocenters. The summed E-state index contributed by atoms with van der Waals surface area (Å²) in [5.74, 6) is -4.36. The van der Waals surface area contributed by atoms with E-state index >= 15 is 0 Å². The van der Waals surface area contributed by atoms with Crippen molar-refractivity contribution in [1.82, 2.24) is 25.0 Å². The van der Waals surface area contributed by atoms with Gasteiger partial charge in [-0.1, -0.05) is 45.9 Å². The van der Waals surface area contributed by atoms with E-state index in [0.717, 1.165) is 23.1 Å². The summed E-state index contributed by atoms with van der Waals surface area (Å²) in [5.41, 5.74) is 2.78. The second kappa shape index (κ2) is 11.2. The fourth-order valence-electron chi connectivity index (χ4n) is 7.97. The molecule has 0 radical (unpaired) electrons. The van der Waals surface area contributed by atoms with Gasteiger partial charge < -0.3 is 20.3 Å². The predicted molar refractivity (Wildman–Crippen MR) is 169 cm³/mol. The van der Waals surface area contributed by atoms with E-state index in [-0.39, 0.29) is 23.8 Å². The highest BCUT2D eigenvalue weighted by Gasteiger charge is 2.72. The molecule has 5 aliphatic rings. The number of fused-ring (bicyclic) bond motifs is 5. The summed E-state index contributed by atoms with van der Waals surface area (Å²) < 4.78 is 32.3. The summed E-state index contributed by atoms with van der Waals surface area (Å²) >= 11 is 0. The van der Waals surface area contributed by atoms with Crippen molar-refractivity contribution in [3.05, 3.63) is 41.6 Å². The Labute approximate surface area is 268 Å². The molecule has 46 heavy (non-hydrogen) atoms. The highest BCUT2D eigenvalue weighted by molar-refractivity contribution is 7.85. The SMILES string of the molecule is CC(C)[C@H]1C(=O)N2CCC[C@H]2[C@]2(O)O[C@](NC(=O)[C@@H]3C=C4c5cccc6[nH]cc(c56)C[C@H]4N(C)C3)(C(C)C)C(=O)N12.CS(=O)(=O)O. The molecule has 0 spiro atoms. The smallest absolute Gasteiger partial charge is 0.281 e. The van der Waals surface area contributed by atoms with E-state index in [2.05, 4.69) is 33.5 Å². The maximum atomic E-state index is 14.3. The molecule has 13 nitrogen and oxygen atoms in total. The first-order chi connectivity index (χ1) is 21.5. The molecule has 250 valence electrons. The number of aromatic nitrogens is 1. The normalized spacial score (nSPS) is 32.3. The highest BCUT2D eigenvalue weighted by Crippen LogP contribution is 2.49. The maximum absolute atomic E-state index is 14.3. The molecule has 3 saturated heterocycles. The zero-order chi connectivity index (χ0) is 33.5. The number of nitrogens with one attached hydrogen (secondary N) is 2. The molecule has 4 aliphatic heterocycles. The first-order valence-corrected chi connectivity index (χ1v) is 17.6. The Hall–Kier alpha value is -3.30. The van der Waals surface area contributed by atoms with Gasteiger partial charge in [0.15, 0.2) is 0 Å². The van der Waals surface area contributed by atoms with Crippen molar-refractivity contribution in [1.29, 1.82) is 0 Å². The highest BCUT2D eigenvalue weighted by atomic mass is 32.2. The topological polar surface area (TPSA) is 173 Å². The quantitative estimate of drug-likeness (QED) is 0.356. The Bertz CT molecular complexity index is 1730. The number of ether oxygens (including phenoxy) is 1. The standard InChI is InChI=1S/C31H39N5O5.CH4O3S/c1-16(2)26-28(38)35-11-7-10-24(35)31(40)36(26)29(39)30(41-31,17(3)4)33-27(37)19-12-21-20-8-6-9-22-25(20)18(14-32-22)13-23(21)34(5)15-19;1-5(2,3)4/h6,8-9,12,14,16-17,19,23-24,26,32,40H,7,10-11,13,15H2,1-5H3,(H,33,37);1H3,(H,2,3,4)/t19-,23-,24+,26+,30-,31+;/m1./s1. The number of hydrogen-bond donors (Lipinski definition) is 4. The van der Waals surface area contributed by atoms with Crippen molar-refractivity contribution in [3.8, 4) is 0 Å². The van der Waals surface area contributed by atoms with Crippen molar-refractivity contribution in [2.24, 2.45) is 17.8 Å². The molecule has 2 aromatic rings. The van der Waals surface area contributed by atoms with Gasteiger partial charge in [0.2, 0.25) is 17.5 Å². The van der Waals surface area contributed by atoms with Crippen molar-refractivity contribution in [3.63, 3.8) is 0 Å². The summed E-state index contributed by atoms with van der Waals surface area (Å²) in [5, 5.41) is 16.2. The summed E-state index contributed by atoms with van der Waals surface area (Å²) in [6, 6.07) is 4.80. The molecule has 5 heterocycles. The lowest BCUT2D eigenvalue weighted by Gasteiger charge is -2.49. The second-order valence-corrected chi connectivity index (χ2v) is 15.3. The van der Waals surface area contributed by atoms with E-state index in [9.17, 15) is 27.9 Å².